The van der Waals surface area contributed by atoms with Gasteiger partial charge >= 0.3 is 0 Å². The van der Waals surface area contributed by atoms with Crippen molar-refractivity contribution in [2.24, 2.45) is 0 Å². The monoisotopic (exact) mass is 368 g/mol. The number of carbonyl (C=O) groups excluding carboxylic acids is 1. The highest BCUT2D eigenvalue weighted by atomic mass is 32.2. The zero-order chi connectivity index (χ0) is 17.8. The van der Waals surface area contributed by atoms with Gasteiger partial charge in [0.05, 0.1) is 0 Å². The molecule has 2 heterocycles. The summed E-state index contributed by atoms with van der Waals surface area (Å²) in [5, 5.41) is 8.61. The molecular weight excluding hydrogens is 352 g/mol. The maximum Gasteiger partial charge on any atom is 0.276 e. The molecule has 0 N–H and O–H groups in total. The van der Waals surface area contributed by atoms with E-state index in [2.05, 4.69) is 10.2 Å². The minimum atomic E-state index is 0.151. The second-order valence-corrected chi connectivity index (χ2v) is 6.73. The predicted molar refractivity (Wildman–Crippen MR) is 96.6 cm³/mol. The van der Waals surface area contributed by atoms with Crippen LogP contribution in [0.25, 0.3) is 11.5 Å². The molecule has 1 aromatic heterocycles. The number of aromatic nitrogens is 2. The van der Waals surface area contributed by atoms with Gasteiger partial charge in [-0.15, -0.1) is 10.2 Å². The first-order chi connectivity index (χ1) is 12.8. The minimum Gasteiger partial charge on any atom is -0.454 e. The summed E-state index contributed by atoms with van der Waals surface area (Å²) in [5.74, 6) is 2.71. The molecule has 0 spiro atoms. The summed E-state index contributed by atoms with van der Waals surface area (Å²) < 4.78 is 16.3. The Kier molecular flexibility index (Phi) is 4.88. The van der Waals surface area contributed by atoms with Crippen LogP contribution in [0.15, 0.2) is 58.2 Å². The highest BCUT2D eigenvalue weighted by molar-refractivity contribution is 7.99. The lowest BCUT2D eigenvalue weighted by molar-refractivity contribution is 0.0982. The third-order valence-electron chi connectivity index (χ3n) is 3.90. The summed E-state index contributed by atoms with van der Waals surface area (Å²) >= 11 is 1.45. The smallest absolute Gasteiger partial charge is 0.276 e. The second-order valence-electron chi connectivity index (χ2n) is 5.68. The van der Waals surface area contributed by atoms with Gasteiger partial charge in [-0.2, -0.15) is 0 Å². The van der Waals surface area contributed by atoms with E-state index in [9.17, 15) is 4.79 Å². The first-order valence-electron chi connectivity index (χ1n) is 8.24. The molecule has 0 saturated heterocycles. The number of rotatable bonds is 7. The Morgan fingerprint density at radius 2 is 1.88 bits per heavy atom. The fourth-order valence-electron chi connectivity index (χ4n) is 2.57. The van der Waals surface area contributed by atoms with Crippen LogP contribution in [0.2, 0.25) is 0 Å². The number of fused-ring (bicyclic) bond motifs is 1. The fraction of sp³-hybridized carbons (Fsp3) is 0.211. The molecular formula is C19H16N2O4S. The van der Waals surface area contributed by atoms with Crippen molar-refractivity contribution >= 4 is 17.5 Å². The average molecular weight is 368 g/mol. The van der Waals surface area contributed by atoms with Crippen LogP contribution in [-0.4, -0.2) is 28.5 Å². The van der Waals surface area contributed by atoms with Gasteiger partial charge in [-0.05, 0) is 24.6 Å². The van der Waals surface area contributed by atoms with Crippen LogP contribution < -0.4 is 9.47 Å². The molecule has 6 nitrogen and oxygen atoms in total. The van der Waals surface area contributed by atoms with Crippen molar-refractivity contribution in [3.05, 3.63) is 54.1 Å². The quantitative estimate of drug-likeness (QED) is 0.351. The van der Waals surface area contributed by atoms with E-state index in [0.717, 1.165) is 23.3 Å². The van der Waals surface area contributed by atoms with Crippen molar-refractivity contribution in [2.45, 2.75) is 18.1 Å². The van der Waals surface area contributed by atoms with E-state index < -0.39 is 0 Å². The number of hydrogen-bond donors (Lipinski definition) is 0. The molecule has 0 aliphatic carbocycles. The third kappa shape index (κ3) is 3.72. The van der Waals surface area contributed by atoms with Crippen LogP contribution in [0.5, 0.6) is 11.5 Å². The zero-order valence-electron chi connectivity index (χ0n) is 13.9. The van der Waals surface area contributed by atoms with E-state index in [1.807, 2.05) is 48.5 Å². The van der Waals surface area contributed by atoms with Gasteiger partial charge in [-0.3, -0.25) is 4.79 Å². The SMILES string of the molecule is O=C(CCCSc1nnc(-c2ccc3c(c2)OCO3)o1)c1ccccc1. The molecule has 0 fully saturated rings. The van der Waals surface area contributed by atoms with Crippen LogP contribution >= 0.6 is 11.8 Å². The molecule has 4 rings (SSSR count). The lowest BCUT2D eigenvalue weighted by atomic mass is 10.1. The molecule has 1 aliphatic heterocycles. The summed E-state index contributed by atoms with van der Waals surface area (Å²) in [5.41, 5.74) is 1.54. The van der Waals surface area contributed by atoms with Gasteiger partial charge < -0.3 is 13.9 Å². The molecule has 3 aromatic rings. The molecule has 0 saturated carbocycles. The maximum atomic E-state index is 12.1. The largest absolute Gasteiger partial charge is 0.454 e. The Hall–Kier alpha value is -2.80. The van der Waals surface area contributed by atoms with E-state index in [1.165, 1.54) is 11.8 Å². The number of carbonyl (C=O) groups is 1. The van der Waals surface area contributed by atoms with Crippen molar-refractivity contribution < 1.29 is 18.7 Å². The van der Waals surface area contributed by atoms with Crippen LogP contribution in [0.1, 0.15) is 23.2 Å². The van der Waals surface area contributed by atoms with Crippen LogP contribution in [0, 0.1) is 0 Å². The zero-order valence-corrected chi connectivity index (χ0v) is 14.7. The van der Waals surface area contributed by atoms with Crippen molar-refractivity contribution in [3.63, 3.8) is 0 Å². The number of Topliss-reactive ketones (excluding diaryl/α,β-unsaturated/α-hetero) is 1. The van der Waals surface area contributed by atoms with Gasteiger partial charge in [-0.25, -0.2) is 0 Å². The number of thioether (sulfide) groups is 1. The Labute approximate surface area is 154 Å². The molecule has 0 unspecified atom stereocenters. The van der Waals surface area contributed by atoms with E-state index in [4.69, 9.17) is 13.9 Å². The number of benzene rings is 2. The maximum absolute atomic E-state index is 12.1. The number of hydrogen-bond acceptors (Lipinski definition) is 7. The topological polar surface area (TPSA) is 74.5 Å². The summed E-state index contributed by atoms with van der Waals surface area (Å²) in [4.78, 5) is 12.1. The summed E-state index contributed by atoms with van der Waals surface area (Å²) in [6.07, 6.45) is 1.25. The normalized spacial score (nSPS) is 12.3. The van der Waals surface area contributed by atoms with E-state index >= 15 is 0 Å². The highest BCUT2D eigenvalue weighted by Gasteiger charge is 2.16. The van der Waals surface area contributed by atoms with Gasteiger partial charge in [0.1, 0.15) is 0 Å². The van der Waals surface area contributed by atoms with E-state index in [1.54, 1.807) is 0 Å². The average Bonchev–Trinajstić information content (AvgIpc) is 3.34. The standard InChI is InChI=1S/C19H16N2O4S/c22-15(13-5-2-1-3-6-13)7-4-10-26-19-21-20-18(25-19)14-8-9-16-17(11-14)24-12-23-16/h1-3,5-6,8-9,11H,4,7,10,12H2. The molecule has 2 aromatic carbocycles. The Morgan fingerprint density at radius 3 is 2.77 bits per heavy atom. The van der Waals surface area contributed by atoms with Gasteiger partial charge in [-0.1, -0.05) is 42.1 Å². The van der Waals surface area contributed by atoms with Crippen molar-refractivity contribution in [2.75, 3.05) is 12.5 Å². The highest BCUT2D eigenvalue weighted by Crippen LogP contribution is 2.36. The first kappa shape index (κ1) is 16.7. The van der Waals surface area contributed by atoms with Gasteiger partial charge in [0, 0.05) is 23.3 Å². The molecule has 7 heteroatoms. The van der Waals surface area contributed by atoms with Crippen LogP contribution in [-0.2, 0) is 0 Å². The summed E-state index contributed by atoms with van der Waals surface area (Å²) in [6, 6.07) is 14.8. The molecule has 0 radical (unpaired) electrons. The van der Waals surface area contributed by atoms with Crippen molar-refractivity contribution in [3.8, 4) is 23.0 Å². The third-order valence-corrected chi connectivity index (χ3v) is 4.80. The fourth-order valence-corrected chi connectivity index (χ4v) is 3.27. The number of nitrogens with zero attached hydrogens (tertiary/aromatic N) is 2. The van der Waals surface area contributed by atoms with Gasteiger partial charge in [0.2, 0.25) is 12.7 Å². The minimum absolute atomic E-state index is 0.151. The van der Waals surface area contributed by atoms with Crippen LogP contribution in [0.4, 0.5) is 0 Å². The Bertz CT molecular complexity index is 911. The van der Waals surface area contributed by atoms with E-state index in [-0.39, 0.29) is 12.6 Å². The summed E-state index contributed by atoms with van der Waals surface area (Å²) in [7, 11) is 0. The van der Waals surface area contributed by atoms with Gasteiger partial charge in [0.15, 0.2) is 17.3 Å². The first-order valence-corrected chi connectivity index (χ1v) is 9.23. The lowest BCUT2D eigenvalue weighted by Crippen LogP contribution is -1.99. The van der Waals surface area contributed by atoms with Crippen LogP contribution in [0.3, 0.4) is 0 Å². The predicted octanol–water partition coefficient (Wildman–Crippen LogP) is 4.22. The second kappa shape index (κ2) is 7.61. The van der Waals surface area contributed by atoms with Crippen molar-refractivity contribution in [1.82, 2.24) is 10.2 Å². The Morgan fingerprint density at radius 1 is 1.04 bits per heavy atom. The van der Waals surface area contributed by atoms with E-state index in [0.29, 0.717) is 29.0 Å². The molecule has 1 aliphatic rings. The van der Waals surface area contributed by atoms with Gasteiger partial charge in [0.25, 0.3) is 5.22 Å². The number of ketones is 1. The van der Waals surface area contributed by atoms with Crippen molar-refractivity contribution in [1.29, 1.82) is 0 Å². The molecule has 0 amide bonds. The molecule has 132 valence electrons. The molecule has 0 atom stereocenters. The molecule has 26 heavy (non-hydrogen) atoms. The lowest BCUT2D eigenvalue weighted by Gasteiger charge is -2.00. The summed E-state index contributed by atoms with van der Waals surface area (Å²) in [6.45, 7) is 0.228. The molecule has 0 bridgehead atoms. The number of ether oxygens (including phenoxy) is 2. The Balaban J connectivity index is 1.29.